The third-order valence-electron chi connectivity index (χ3n) is 4.10. The second kappa shape index (κ2) is 5.40. The summed E-state index contributed by atoms with van der Waals surface area (Å²) in [5.41, 5.74) is 1.94. The first kappa shape index (κ1) is 13.4. The molecule has 3 heterocycles. The van der Waals surface area contributed by atoms with Gasteiger partial charge in [0.1, 0.15) is 5.82 Å². The van der Waals surface area contributed by atoms with Crippen molar-refractivity contribution in [3.8, 4) is 0 Å². The van der Waals surface area contributed by atoms with Gasteiger partial charge in [-0.3, -0.25) is 0 Å². The predicted octanol–water partition coefficient (Wildman–Crippen LogP) is 2.32. The fraction of sp³-hybridized carbons (Fsp3) is 0.600. The standard InChI is InChI=1S/C15H23N5/c1-11(2)19-8-5-13(6-9-19)18-15-10-12(3)17-14-4-7-16-20(14)15/h4,7,10-11,13,18H,5-6,8-9H2,1-3H3. The van der Waals surface area contributed by atoms with Crippen LogP contribution in [0.5, 0.6) is 0 Å². The molecule has 5 nitrogen and oxygen atoms in total. The summed E-state index contributed by atoms with van der Waals surface area (Å²) in [5.74, 6) is 1.06. The maximum atomic E-state index is 4.48. The van der Waals surface area contributed by atoms with Crippen LogP contribution in [0.1, 0.15) is 32.4 Å². The lowest BCUT2D eigenvalue weighted by Gasteiger charge is -2.35. The monoisotopic (exact) mass is 273 g/mol. The van der Waals surface area contributed by atoms with Gasteiger partial charge >= 0.3 is 0 Å². The van der Waals surface area contributed by atoms with Crippen LogP contribution in [-0.4, -0.2) is 44.7 Å². The third-order valence-corrected chi connectivity index (χ3v) is 4.10. The van der Waals surface area contributed by atoms with E-state index < -0.39 is 0 Å². The van der Waals surface area contributed by atoms with Crippen LogP contribution >= 0.6 is 0 Å². The highest BCUT2D eigenvalue weighted by atomic mass is 15.3. The number of nitrogens with zero attached hydrogens (tertiary/aromatic N) is 4. The summed E-state index contributed by atoms with van der Waals surface area (Å²) in [6, 6.07) is 5.20. The minimum absolute atomic E-state index is 0.527. The number of aromatic nitrogens is 3. The van der Waals surface area contributed by atoms with Crippen molar-refractivity contribution in [3.63, 3.8) is 0 Å². The Labute approximate surface area is 120 Å². The van der Waals surface area contributed by atoms with Crippen LogP contribution in [0, 0.1) is 6.92 Å². The van der Waals surface area contributed by atoms with Crippen LogP contribution in [0.15, 0.2) is 18.3 Å². The van der Waals surface area contributed by atoms with Gasteiger partial charge in [-0.15, -0.1) is 0 Å². The van der Waals surface area contributed by atoms with Gasteiger partial charge in [0.25, 0.3) is 0 Å². The summed E-state index contributed by atoms with van der Waals surface area (Å²) in [4.78, 5) is 7.02. The van der Waals surface area contributed by atoms with Crippen molar-refractivity contribution < 1.29 is 0 Å². The van der Waals surface area contributed by atoms with E-state index in [1.807, 2.05) is 17.5 Å². The van der Waals surface area contributed by atoms with Crippen molar-refractivity contribution in [2.75, 3.05) is 18.4 Å². The average molecular weight is 273 g/mol. The number of hydrogen-bond acceptors (Lipinski definition) is 4. The van der Waals surface area contributed by atoms with Crippen molar-refractivity contribution in [1.29, 1.82) is 0 Å². The molecule has 5 heteroatoms. The Morgan fingerprint density at radius 2 is 2.05 bits per heavy atom. The summed E-state index contributed by atoms with van der Waals surface area (Å²) in [6.45, 7) is 8.91. The Morgan fingerprint density at radius 3 is 2.75 bits per heavy atom. The van der Waals surface area contributed by atoms with E-state index >= 15 is 0 Å². The van der Waals surface area contributed by atoms with Gasteiger partial charge in [-0.1, -0.05) is 0 Å². The molecule has 2 aromatic heterocycles. The molecule has 2 aromatic rings. The number of rotatable bonds is 3. The second-order valence-corrected chi connectivity index (χ2v) is 5.93. The molecule has 0 bridgehead atoms. The van der Waals surface area contributed by atoms with Gasteiger partial charge in [0.2, 0.25) is 0 Å². The van der Waals surface area contributed by atoms with E-state index in [0.29, 0.717) is 12.1 Å². The number of piperidine rings is 1. The molecule has 0 amide bonds. The van der Waals surface area contributed by atoms with E-state index in [1.165, 1.54) is 25.9 Å². The van der Waals surface area contributed by atoms with Crippen LogP contribution in [0.4, 0.5) is 5.82 Å². The van der Waals surface area contributed by atoms with E-state index in [1.54, 1.807) is 6.20 Å². The predicted molar refractivity (Wildman–Crippen MR) is 81.1 cm³/mol. The van der Waals surface area contributed by atoms with Crippen molar-refractivity contribution in [1.82, 2.24) is 19.5 Å². The highest BCUT2D eigenvalue weighted by molar-refractivity contribution is 5.49. The molecule has 0 spiro atoms. The first-order valence-corrected chi connectivity index (χ1v) is 7.45. The minimum Gasteiger partial charge on any atom is -0.367 e. The summed E-state index contributed by atoms with van der Waals surface area (Å²) >= 11 is 0. The van der Waals surface area contributed by atoms with Crippen LogP contribution in [0.2, 0.25) is 0 Å². The SMILES string of the molecule is Cc1cc(NC2CCN(C(C)C)CC2)n2nccc2n1. The molecule has 0 aliphatic carbocycles. The summed E-state index contributed by atoms with van der Waals surface area (Å²) in [5, 5.41) is 7.99. The van der Waals surface area contributed by atoms with Crippen LogP contribution in [-0.2, 0) is 0 Å². The zero-order valence-electron chi connectivity index (χ0n) is 12.5. The number of hydrogen-bond donors (Lipinski definition) is 1. The fourth-order valence-electron chi connectivity index (χ4n) is 2.91. The topological polar surface area (TPSA) is 45.5 Å². The molecular formula is C15H23N5. The van der Waals surface area contributed by atoms with Gasteiger partial charge in [-0.05, 0) is 33.6 Å². The van der Waals surface area contributed by atoms with Gasteiger partial charge in [0, 0.05) is 43.0 Å². The van der Waals surface area contributed by atoms with E-state index in [-0.39, 0.29) is 0 Å². The third kappa shape index (κ3) is 2.63. The van der Waals surface area contributed by atoms with Crippen LogP contribution in [0.3, 0.4) is 0 Å². The minimum atomic E-state index is 0.527. The normalized spacial score (nSPS) is 18.0. The maximum Gasteiger partial charge on any atom is 0.157 e. The molecule has 0 saturated carbocycles. The maximum absolute atomic E-state index is 4.48. The van der Waals surface area contributed by atoms with E-state index in [4.69, 9.17) is 0 Å². The molecule has 20 heavy (non-hydrogen) atoms. The Hall–Kier alpha value is -1.62. The lowest BCUT2D eigenvalue weighted by atomic mass is 10.0. The van der Waals surface area contributed by atoms with Crippen LogP contribution < -0.4 is 5.32 Å². The molecular weight excluding hydrogens is 250 g/mol. The quantitative estimate of drug-likeness (QED) is 0.932. The number of nitrogens with one attached hydrogen (secondary N) is 1. The molecule has 0 unspecified atom stereocenters. The molecule has 108 valence electrons. The van der Waals surface area contributed by atoms with Crippen LogP contribution in [0.25, 0.3) is 5.65 Å². The summed E-state index contributed by atoms with van der Waals surface area (Å²) in [7, 11) is 0. The second-order valence-electron chi connectivity index (χ2n) is 5.93. The summed E-state index contributed by atoms with van der Waals surface area (Å²) < 4.78 is 1.89. The van der Waals surface area contributed by atoms with Crippen molar-refractivity contribution in [3.05, 3.63) is 24.0 Å². The molecule has 0 atom stereocenters. The zero-order chi connectivity index (χ0) is 14.1. The first-order chi connectivity index (χ1) is 9.63. The smallest absolute Gasteiger partial charge is 0.157 e. The molecule has 1 aliphatic rings. The van der Waals surface area contributed by atoms with Gasteiger partial charge in [0.15, 0.2) is 5.65 Å². The fourth-order valence-corrected chi connectivity index (χ4v) is 2.91. The van der Waals surface area contributed by atoms with Gasteiger partial charge < -0.3 is 10.2 Å². The number of anilines is 1. The van der Waals surface area contributed by atoms with Crippen molar-refractivity contribution in [2.24, 2.45) is 0 Å². The Bertz CT molecular complexity index is 581. The van der Waals surface area contributed by atoms with Crippen molar-refractivity contribution >= 4 is 11.5 Å². The van der Waals surface area contributed by atoms with Gasteiger partial charge in [-0.2, -0.15) is 9.61 Å². The number of fused-ring (bicyclic) bond motifs is 1. The largest absolute Gasteiger partial charge is 0.367 e. The number of likely N-dealkylation sites (tertiary alicyclic amines) is 1. The lowest BCUT2D eigenvalue weighted by molar-refractivity contribution is 0.177. The van der Waals surface area contributed by atoms with E-state index in [2.05, 4.69) is 40.2 Å². The van der Waals surface area contributed by atoms with E-state index in [0.717, 1.165) is 17.2 Å². The molecule has 1 N–H and O–H groups in total. The molecule has 0 aromatic carbocycles. The molecule has 0 radical (unpaired) electrons. The molecule has 1 fully saturated rings. The lowest BCUT2D eigenvalue weighted by Crippen LogP contribution is -2.42. The number of aryl methyl sites for hydroxylation is 1. The van der Waals surface area contributed by atoms with E-state index in [9.17, 15) is 0 Å². The Morgan fingerprint density at radius 1 is 1.30 bits per heavy atom. The first-order valence-electron chi connectivity index (χ1n) is 7.45. The Balaban J connectivity index is 1.73. The highest BCUT2D eigenvalue weighted by Gasteiger charge is 2.21. The zero-order valence-corrected chi connectivity index (χ0v) is 12.5. The van der Waals surface area contributed by atoms with Gasteiger partial charge in [-0.25, -0.2) is 4.98 Å². The van der Waals surface area contributed by atoms with Crippen molar-refractivity contribution in [2.45, 2.75) is 45.7 Å². The Kier molecular flexibility index (Phi) is 3.61. The highest BCUT2D eigenvalue weighted by Crippen LogP contribution is 2.19. The summed E-state index contributed by atoms with van der Waals surface area (Å²) in [6.07, 6.45) is 4.17. The van der Waals surface area contributed by atoms with Gasteiger partial charge in [0.05, 0.1) is 6.20 Å². The molecule has 1 saturated heterocycles. The average Bonchev–Trinajstić information content (AvgIpc) is 2.87. The molecule has 1 aliphatic heterocycles. The molecule has 3 rings (SSSR count).